The third-order valence-electron chi connectivity index (χ3n) is 2.07. The highest BCUT2D eigenvalue weighted by molar-refractivity contribution is 6.02. The van der Waals surface area contributed by atoms with Crippen molar-refractivity contribution in [3.05, 3.63) is 33.4 Å². The molecule has 0 spiro atoms. The predicted octanol–water partition coefficient (Wildman–Crippen LogP) is 0.972. The smallest absolute Gasteiger partial charge is 0.339 e. The van der Waals surface area contributed by atoms with Crippen molar-refractivity contribution in [2.75, 3.05) is 0 Å². The van der Waals surface area contributed by atoms with E-state index in [4.69, 9.17) is 5.11 Å². The lowest BCUT2D eigenvalue weighted by Crippen LogP contribution is -2.11. The van der Waals surface area contributed by atoms with E-state index in [1.54, 1.807) is 0 Å². The number of carbonyl (C=O) groups is 1. The van der Waals surface area contributed by atoms with Crippen LogP contribution in [0.2, 0.25) is 0 Å². The van der Waals surface area contributed by atoms with Gasteiger partial charge >= 0.3 is 5.97 Å². The van der Waals surface area contributed by atoms with Gasteiger partial charge in [-0.2, -0.15) is 0 Å². The summed E-state index contributed by atoms with van der Waals surface area (Å²) in [5.74, 6) is -7.34. The normalized spacial score (nSPS) is 10.9. The van der Waals surface area contributed by atoms with Gasteiger partial charge in [0.05, 0.1) is 5.39 Å². The van der Waals surface area contributed by atoms with E-state index in [1.165, 1.54) is 0 Å². The monoisotopic (exact) mass is 232 g/mol. The summed E-state index contributed by atoms with van der Waals surface area (Å²) in [5.41, 5.74) is -2.94. The van der Waals surface area contributed by atoms with Crippen LogP contribution in [-0.4, -0.2) is 21.3 Å². The largest absolute Gasteiger partial charge is 0.478 e. The minimum atomic E-state index is -1.94. The molecule has 3 N–H and O–H groups in total. The van der Waals surface area contributed by atoms with Crippen LogP contribution in [0, 0.1) is 17.5 Å². The summed E-state index contributed by atoms with van der Waals surface area (Å²) >= 11 is 0. The van der Waals surface area contributed by atoms with Gasteiger partial charge in [0.15, 0.2) is 17.5 Å². The van der Waals surface area contributed by atoms with Gasteiger partial charge < -0.3 is 5.11 Å². The summed E-state index contributed by atoms with van der Waals surface area (Å²) < 4.78 is 39.2. The summed E-state index contributed by atoms with van der Waals surface area (Å²) in [6, 6.07) is 0. The van der Waals surface area contributed by atoms with Crippen LogP contribution in [0.25, 0.3) is 10.9 Å². The van der Waals surface area contributed by atoms with Crippen LogP contribution < -0.4 is 5.56 Å². The number of aromatic carboxylic acids is 1. The second kappa shape index (κ2) is 3.12. The maximum absolute atomic E-state index is 13.1. The molecule has 1 heterocycles. The third kappa shape index (κ3) is 1.12. The molecule has 0 aliphatic heterocycles. The number of carboxylic acids is 1. The second-order valence-corrected chi connectivity index (χ2v) is 2.95. The van der Waals surface area contributed by atoms with E-state index in [0.29, 0.717) is 0 Å². The molecule has 0 radical (unpaired) electrons. The van der Waals surface area contributed by atoms with Crippen LogP contribution in [0.5, 0.6) is 0 Å². The first kappa shape index (κ1) is 10.3. The molecule has 0 aliphatic carbocycles. The summed E-state index contributed by atoms with van der Waals surface area (Å²) in [6.07, 6.45) is 0. The molecular weight excluding hydrogens is 229 g/mol. The highest BCUT2D eigenvalue weighted by Gasteiger charge is 2.27. The fourth-order valence-corrected chi connectivity index (χ4v) is 1.39. The van der Waals surface area contributed by atoms with E-state index in [2.05, 4.69) is 0 Å². The molecule has 0 amide bonds. The molecule has 0 saturated carbocycles. The highest BCUT2D eigenvalue weighted by atomic mass is 19.2. The fraction of sp³-hybridized carbons (Fsp3) is 0. The quantitative estimate of drug-likeness (QED) is 0.640. The number of benzene rings is 1. The minimum absolute atomic E-state index is 0.707. The Morgan fingerprint density at radius 3 is 2.25 bits per heavy atom. The van der Waals surface area contributed by atoms with Crippen molar-refractivity contribution < 1.29 is 23.1 Å². The number of carboxylic acid groups (broad SMARTS) is 1. The lowest BCUT2D eigenvalue weighted by Gasteiger charge is -2.01. The van der Waals surface area contributed by atoms with Crippen molar-refractivity contribution >= 4 is 16.9 Å². The van der Waals surface area contributed by atoms with E-state index in [9.17, 15) is 22.8 Å². The van der Waals surface area contributed by atoms with Crippen LogP contribution in [-0.2, 0) is 0 Å². The molecule has 84 valence electrons. The zero-order valence-corrected chi connectivity index (χ0v) is 7.40. The van der Waals surface area contributed by atoms with Gasteiger partial charge in [0.2, 0.25) is 0 Å². The average molecular weight is 232 g/mol. The molecule has 0 saturated heterocycles. The van der Waals surface area contributed by atoms with Crippen LogP contribution in [0.15, 0.2) is 4.79 Å². The van der Waals surface area contributed by atoms with E-state index >= 15 is 0 Å². The Morgan fingerprint density at radius 2 is 1.69 bits per heavy atom. The van der Waals surface area contributed by atoms with E-state index < -0.39 is 45.4 Å². The number of nitrogens with one attached hydrogen (secondary N) is 2. The Labute approximate surface area is 84.5 Å². The summed E-state index contributed by atoms with van der Waals surface area (Å²) in [6.45, 7) is 0. The Kier molecular flexibility index (Phi) is 2.00. The molecular formula is C8H3F3N2O3. The molecule has 8 heteroatoms. The lowest BCUT2D eigenvalue weighted by atomic mass is 10.1. The molecule has 5 nitrogen and oxygen atoms in total. The number of fused-ring (bicyclic) bond motifs is 1. The highest BCUT2D eigenvalue weighted by Crippen LogP contribution is 2.23. The Balaban J connectivity index is 3.13. The number of hydrogen-bond acceptors (Lipinski definition) is 2. The first-order valence-corrected chi connectivity index (χ1v) is 3.95. The molecule has 0 unspecified atom stereocenters. The van der Waals surface area contributed by atoms with E-state index in [0.717, 1.165) is 0 Å². The molecule has 0 bridgehead atoms. The van der Waals surface area contributed by atoms with Crippen LogP contribution >= 0.6 is 0 Å². The Hall–Kier alpha value is -2.25. The predicted molar refractivity (Wildman–Crippen MR) is 45.8 cm³/mol. The molecule has 2 rings (SSSR count). The number of aromatic nitrogens is 2. The number of aromatic amines is 2. The number of rotatable bonds is 1. The number of H-pyrrole nitrogens is 2. The van der Waals surface area contributed by atoms with Crippen molar-refractivity contribution in [2.24, 2.45) is 0 Å². The summed E-state index contributed by atoms with van der Waals surface area (Å²) in [7, 11) is 0. The maximum atomic E-state index is 13.1. The van der Waals surface area contributed by atoms with Crippen LogP contribution in [0.1, 0.15) is 10.4 Å². The van der Waals surface area contributed by atoms with E-state index in [1.807, 2.05) is 10.2 Å². The van der Waals surface area contributed by atoms with Gasteiger partial charge in [0, 0.05) is 0 Å². The van der Waals surface area contributed by atoms with Gasteiger partial charge in [-0.05, 0) is 0 Å². The third-order valence-corrected chi connectivity index (χ3v) is 2.07. The van der Waals surface area contributed by atoms with Crippen LogP contribution in [0.4, 0.5) is 13.2 Å². The molecule has 1 aromatic carbocycles. The molecule has 1 aromatic heterocycles. The average Bonchev–Trinajstić information content (AvgIpc) is 2.58. The van der Waals surface area contributed by atoms with E-state index in [-0.39, 0.29) is 0 Å². The van der Waals surface area contributed by atoms with Crippen molar-refractivity contribution in [1.82, 2.24) is 10.2 Å². The maximum Gasteiger partial charge on any atom is 0.339 e. The molecule has 0 fully saturated rings. The van der Waals surface area contributed by atoms with Crippen molar-refractivity contribution in [2.45, 2.75) is 0 Å². The van der Waals surface area contributed by atoms with Gasteiger partial charge in [0.25, 0.3) is 5.56 Å². The van der Waals surface area contributed by atoms with Crippen molar-refractivity contribution in [1.29, 1.82) is 0 Å². The minimum Gasteiger partial charge on any atom is -0.478 e. The fourth-order valence-electron chi connectivity index (χ4n) is 1.39. The molecule has 16 heavy (non-hydrogen) atoms. The first-order valence-electron chi connectivity index (χ1n) is 3.95. The van der Waals surface area contributed by atoms with Gasteiger partial charge in [-0.15, -0.1) is 0 Å². The lowest BCUT2D eigenvalue weighted by molar-refractivity contribution is 0.0693. The molecule has 0 aliphatic rings. The van der Waals surface area contributed by atoms with Crippen LogP contribution in [0.3, 0.4) is 0 Å². The molecule has 0 atom stereocenters. The van der Waals surface area contributed by atoms with Gasteiger partial charge in [0.1, 0.15) is 11.1 Å². The Bertz CT molecular complexity index is 659. The topological polar surface area (TPSA) is 85.9 Å². The second-order valence-electron chi connectivity index (χ2n) is 2.95. The first-order chi connectivity index (χ1) is 7.45. The van der Waals surface area contributed by atoms with Gasteiger partial charge in [-0.25, -0.2) is 18.0 Å². The van der Waals surface area contributed by atoms with Crippen molar-refractivity contribution in [3.63, 3.8) is 0 Å². The number of hydrogen-bond donors (Lipinski definition) is 3. The zero-order valence-electron chi connectivity index (χ0n) is 7.40. The van der Waals surface area contributed by atoms with Gasteiger partial charge in [-0.3, -0.25) is 15.0 Å². The Morgan fingerprint density at radius 1 is 1.06 bits per heavy atom. The summed E-state index contributed by atoms with van der Waals surface area (Å²) in [4.78, 5) is 21.8. The van der Waals surface area contributed by atoms with Gasteiger partial charge in [-0.1, -0.05) is 0 Å². The summed E-state index contributed by atoms with van der Waals surface area (Å²) in [5, 5.41) is 11.7. The zero-order chi connectivity index (χ0) is 12.0. The van der Waals surface area contributed by atoms with Crippen molar-refractivity contribution in [3.8, 4) is 0 Å². The number of halogens is 3. The molecule has 2 aromatic rings. The SMILES string of the molecule is O=C(O)c1c(F)c(F)c(F)c2[nH][nH]c(=O)c12. The standard InChI is InChI=1S/C8H3F3N2O3/c9-3-1(8(15)16)2-6(5(11)4(3)10)12-13-7(2)14/h(H,15,16)(H2,12,13,14).